The molecule has 4 aliphatic rings. The molecule has 0 heterocycles. The number of allylic oxidation sites excluding steroid dienone is 1. The SMILES string of the molecule is C[C@]12CC(=O)[C@H]3[C@@H](CCC4=CC(=O)CC(CO)[C@@]43C)[C@@H]1CC[C@]2(O)C(=O)CO. The number of Topliss-reactive ketones (excluding diaryl/α,β-unsaturated/α-hetero) is 2. The second-order valence-corrected chi connectivity index (χ2v) is 9.83. The molecule has 0 saturated heterocycles. The van der Waals surface area contributed by atoms with Gasteiger partial charge >= 0.3 is 0 Å². The fourth-order valence-electron chi connectivity index (χ4n) is 7.42. The van der Waals surface area contributed by atoms with Crippen molar-refractivity contribution >= 4 is 17.3 Å². The van der Waals surface area contributed by atoms with Gasteiger partial charge in [-0.1, -0.05) is 19.4 Å². The Labute approximate surface area is 165 Å². The molecule has 1 unspecified atom stereocenters. The summed E-state index contributed by atoms with van der Waals surface area (Å²) in [5, 5.41) is 30.6. The number of ketones is 3. The maximum atomic E-state index is 13.5. The molecule has 0 amide bonds. The molecule has 6 heteroatoms. The van der Waals surface area contributed by atoms with Crippen LogP contribution in [0.5, 0.6) is 0 Å². The van der Waals surface area contributed by atoms with Crippen LogP contribution in [0.25, 0.3) is 0 Å². The van der Waals surface area contributed by atoms with Gasteiger partial charge in [0.05, 0.1) is 0 Å². The highest BCUT2D eigenvalue weighted by atomic mass is 16.3. The molecule has 0 radical (unpaired) electrons. The summed E-state index contributed by atoms with van der Waals surface area (Å²) < 4.78 is 0. The Kier molecular flexibility index (Phi) is 4.49. The number of carbonyl (C=O) groups excluding carboxylic acids is 3. The molecule has 0 spiro atoms. The van der Waals surface area contributed by atoms with Gasteiger partial charge in [-0.3, -0.25) is 14.4 Å². The van der Waals surface area contributed by atoms with Gasteiger partial charge in [-0.2, -0.15) is 0 Å². The fourth-order valence-corrected chi connectivity index (χ4v) is 7.42. The van der Waals surface area contributed by atoms with Crippen LogP contribution in [0.3, 0.4) is 0 Å². The van der Waals surface area contributed by atoms with Crippen LogP contribution in [0, 0.1) is 34.5 Å². The van der Waals surface area contributed by atoms with E-state index in [-0.39, 0.29) is 61.1 Å². The Morgan fingerprint density at radius 2 is 1.93 bits per heavy atom. The van der Waals surface area contributed by atoms with Crippen molar-refractivity contribution in [2.45, 2.75) is 58.0 Å². The lowest BCUT2D eigenvalue weighted by Crippen LogP contribution is -2.62. The average molecular weight is 390 g/mol. The minimum Gasteiger partial charge on any atom is -0.396 e. The van der Waals surface area contributed by atoms with Crippen LogP contribution < -0.4 is 0 Å². The molecule has 3 fully saturated rings. The third kappa shape index (κ3) is 2.28. The number of fused-ring (bicyclic) bond motifs is 5. The maximum Gasteiger partial charge on any atom is 0.190 e. The lowest BCUT2D eigenvalue weighted by molar-refractivity contribution is -0.172. The van der Waals surface area contributed by atoms with Gasteiger partial charge < -0.3 is 15.3 Å². The monoisotopic (exact) mass is 390 g/mol. The van der Waals surface area contributed by atoms with Crippen molar-refractivity contribution in [3.05, 3.63) is 11.6 Å². The van der Waals surface area contributed by atoms with Crippen molar-refractivity contribution in [1.82, 2.24) is 0 Å². The topological polar surface area (TPSA) is 112 Å². The number of rotatable bonds is 3. The summed E-state index contributed by atoms with van der Waals surface area (Å²) >= 11 is 0. The third-order valence-electron chi connectivity index (χ3n) is 8.95. The Morgan fingerprint density at radius 1 is 1.21 bits per heavy atom. The molecule has 0 aromatic heterocycles. The van der Waals surface area contributed by atoms with E-state index < -0.39 is 28.8 Å². The van der Waals surface area contributed by atoms with Crippen molar-refractivity contribution in [2.24, 2.45) is 34.5 Å². The van der Waals surface area contributed by atoms with E-state index >= 15 is 0 Å². The molecule has 6 nitrogen and oxygen atoms in total. The molecule has 7 atom stereocenters. The number of hydrogen-bond acceptors (Lipinski definition) is 6. The zero-order chi connectivity index (χ0) is 20.5. The van der Waals surface area contributed by atoms with Gasteiger partial charge in [0.2, 0.25) is 0 Å². The van der Waals surface area contributed by atoms with Crippen molar-refractivity contribution in [3.63, 3.8) is 0 Å². The van der Waals surface area contributed by atoms with E-state index in [9.17, 15) is 29.7 Å². The predicted molar refractivity (Wildman–Crippen MR) is 100 cm³/mol. The van der Waals surface area contributed by atoms with Crippen molar-refractivity contribution in [3.8, 4) is 0 Å². The van der Waals surface area contributed by atoms with Gasteiger partial charge in [-0.25, -0.2) is 0 Å². The van der Waals surface area contributed by atoms with E-state index in [1.165, 1.54) is 0 Å². The zero-order valence-corrected chi connectivity index (χ0v) is 16.6. The number of aliphatic hydroxyl groups excluding tert-OH is 2. The largest absolute Gasteiger partial charge is 0.396 e. The fraction of sp³-hybridized carbons (Fsp3) is 0.773. The van der Waals surface area contributed by atoms with Gasteiger partial charge in [0.25, 0.3) is 0 Å². The first-order chi connectivity index (χ1) is 13.1. The summed E-state index contributed by atoms with van der Waals surface area (Å²) in [5.74, 6) is -1.13. The smallest absolute Gasteiger partial charge is 0.190 e. The standard InChI is InChI=1S/C22H30O6/c1-20-9-17(26)19-15(16(20)5-6-22(20,28)18(27)11-24)4-3-12-7-14(25)8-13(10-23)21(12,19)2/h7,13,15-16,19,23-24,28H,3-6,8-11H2,1-2H3/t13?,15-,16-,19+,20-,21+,22-/m0/s1. The van der Waals surface area contributed by atoms with Crippen LogP contribution in [0.15, 0.2) is 11.6 Å². The van der Waals surface area contributed by atoms with Gasteiger partial charge in [-0.05, 0) is 49.5 Å². The van der Waals surface area contributed by atoms with Crippen molar-refractivity contribution in [1.29, 1.82) is 0 Å². The normalized spacial score (nSPS) is 47.8. The first-order valence-corrected chi connectivity index (χ1v) is 10.4. The van der Waals surface area contributed by atoms with Crippen LogP contribution >= 0.6 is 0 Å². The zero-order valence-electron chi connectivity index (χ0n) is 16.6. The highest BCUT2D eigenvalue weighted by molar-refractivity contribution is 5.94. The van der Waals surface area contributed by atoms with Crippen LogP contribution in [-0.4, -0.2) is 51.5 Å². The number of hydrogen-bond donors (Lipinski definition) is 3. The second kappa shape index (κ2) is 6.31. The Hall–Kier alpha value is -1.37. The summed E-state index contributed by atoms with van der Waals surface area (Å²) in [5.41, 5.74) is -2.11. The van der Waals surface area contributed by atoms with Crippen molar-refractivity contribution < 1.29 is 29.7 Å². The molecule has 154 valence electrons. The second-order valence-electron chi connectivity index (χ2n) is 9.83. The Morgan fingerprint density at radius 3 is 2.57 bits per heavy atom. The predicted octanol–water partition coefficient (Wildman–Crippen LogP) is 1.21. The molecular weight excluding hydrogens is 360 g/mol. The van der Waals surface area contributed by atoms with Crippen LogP contribution in [0.4, 0.5) is 0 Å². The van der Waals surface area contributed by atoms with Crippen LogP contribution in [0.2, 0.25) is 0 Å². The minimum absolute atomic E-state index is 0.00560. The molecule has 3 saturated carbocycles. The molecule has 4 rings (SSSR count). The minimum atomic E-state index is -1.66. The van der Waals surface area contributed by atoms with E-state index in [1.807, 2.05) is 13.8 Å². The van der Waals surface area contributed by atoms with Gasteiger partial charge in [0, 0.05) is 36.2 Å². The highest BCUT2D eigenvalue weighted by Crippen LogP contribution is 2.67. The first kappa shape index (κ1) is 19.9. The molecule has 0 aromatic carbocycles. The lowest BCUT2D eigenvalue weighted by Gasteiger charge is -2.59. The number of aliphatic hydroxyl groups is 3. The number of carbonyl (C=O) groups is 3. The van der Waals surface area contributed by atoms with E-state index in [0.29, 0.717) is 12.8 Å². The van der Waals surface area contributed by atoms with Gasteiger partial charge in [-0.15, -0.1) is 0 Å². The van der Waals surface area contributed by atoms with Gasteiger partial charge in [0.1, 0.15) is 18.0 Å². The average Bonchev–Trinajstić information content (AvgIpc) is 2.92. The molecule has 28 heavy (non-hydrogen) atoms. The van der Waals surface area contributed by atoms with Crippen molar-refractivity contribution in [2.75, 3.05) is 13.2 Å². The van der Waals surface area contributed by atoms with E-state index in [2.05, 4.69) is 0 Å². The molecule has 0 aromatic rings. The summed E-state index contributed by atoms with van der Waals surface area (Å²) in [6.07, 6.45) is 4.39. The summed E-state index contributed by atoms with van der Waals surface area (Å²) in [6.45, 7) is 2.99. The quantitative estimate of drug-likeness (QED) is 0.668. The lowest BCUT2D eigenvalue weighted by atomic mass is 9.44. The summed E-state index contributed by atoms with van der Waals surface area (Å²) in [4.78, 5) is 38.0. The third-order valence-corrected chi connectivity index (χ3v) is 8.95. The Balaban J connectivity index is 1.78. The molecule has 3 N–H and O–H groups in total. The van der Waals surface area contributed by atoms with E-state index in [1.54, 1.807) is 6.08 Å². The summed E-state index contributed by atoms with van der Waals surface area (Å²) in [6, 6.07) is 0. The molecular formula is C22H30O6. The van der Waals surface area contributed by atoms with E-state index in [0.717, 1.165) is 12.0 Å². The first-order valence-electron chi connectivity index (χ1n) is 10.4. The molecule has 4 aliphatic carbocycles. The highest BCUT2D eigenvalue weighted by Gasteiger charge is 2.69. The summed E-state index contributed by atoms with van der Waals surface area (Å²) in [7, 11) is 0. The Bertz CT molecular complexity index is 771. The molecule has 0 aliphatic heterocycles. The van der Waals surface area contributed by atoms with Crippen LogP contribution in [-0.2, 0) is 14.4 Å². The van der Waals surface area contributed by atoms with Gasteiger partial charge in [0.15, 0.2) is 11.6 Å². The molecule has 0 bridgehead atoms. The maximum absolute atomic E-state index is 13.5. The van der Waals surface area contributed by atoms with Crippen LogP contribution in [0.1, 0.15) is 52.4 Å². The van der Waals surface area contributed by atoms with E-state index in [4.69, 9.17) is 0 Å².